The molecule has 1 heterocycles. The van der Waals surface area contributed by atoms with Crippen molar-refractivity contribution in [1.82, 2.24) is 25.5 Å². The summed E-state index contributed by atoms with van der Waals surface area (Å²) in [5, 5.41) is 15.0. The van der Waals surface area contributed by atoms with Crippen LogP contribution in [0, 0.1) is 6.92 Å². The minimum atomic E-state index is -0.189. The molecule has 0 spiro atoms. The van der Waals surface area contributed by atoms with E-state index in [1.165, 1.54) is 4.80 Å². The number of aromatic nitrogens is 4. The summed E-state index contributed by atoms with van der Waals surface area (Å²) in [7, 11) is 0. The molecule has 0 aliphatic heterocycles. The lowest BCUT2D eigenvalue weighted by molar-refractivity contribution is -0.122. The number of amides is 1. The Morgan fingerprint density at radius 2 is 1.88 bits per heavy atom. The number of nitrogens with one attached hydrogen (secondary N) is 1. The molecule has 0 fully saturated rings. The minimum Gasteiger partial charge on any atom is -0.492 e. The summed E-state index contributed by atoms with van der Waals surface area (Å²) in [6.07, 6.45) is 0. The normalized spacial score (nSPS) is 10.4. The summed E-state index contributed by atoms with van der Waals surface area (Å²) in [5.74, 6) is 1.10. The van der Waals surface area contributed by atoms with E-state index in [0.29, 0.717) is 19.0 Å². The number of carbonyl (C=O) groups excluding carboxylic acids is 1. The van der Waals surface area contributed by atoms with E-state index in [4.69, 9.17) is 4.74 Å². The number of para-hydroxylation sites is 1. The van der Waals surface area contributed by atoms with Crippen LogP contribution in [0.3, 0.4) is 0 Å². The summed E-state index contributed by atoms with van der Waals surface area (Å²) in [6.45, 7) is 2.81. The molecule has 7 heteroatoms. The molecule has 0 unspecified atom stereocenters. The molecule has 25 heavy (non-hydrogen) atoms. The van der Waals surface area contributed by atoms with Crippen LogP contribution in [-0.4, -0.2) is 39.3 Å². The van der Waals surface area contributed by atoms with E-state index in [2.05, 4.69) is 20.7 Å². The van der Waals surface area contributed by atoms with E-state index in [1.807, 2.05) is 61.5 Å². The van der Waals surface area contributed by atoms with Crippen molar-refractivity contribution in [2.75, 3.05) is 13.2 Å². The van der Waals surface area contributed by atoms with Crippen molar-refractivity contribution in [3.8, 4) is 17.1 Å². The molecule has 1 amide bonds. The highest BCUT2D eigenvalue weighted by Crippen LogP contribution is 2.17. The number of hydrogen-bond acceptors (Lipinski definition) is 5. The van der Waals surface area contributed by atoms with Gasteiger partial charge in [-0.25, -0.2) is 0 Å². The number of hydrogen-bond donors (Lipinski definition) is 1. The van der Waals surface area contributed by atoms with Crippen molar-refractivity contribution < 1.29 is 9.53 Å². The number of tetrazole rings is 1. The number of rotatable bonds is 7. The second-order valence-corrected chi connectivity index (χ2v) is 5.47. The van der Waals surface area contributed by atoms with Crippen molar-refractivity contribution >= 4 is 5.91 Å². The van der Waals surface area contributed by atoms with Crippen LogP contribution in [-0.2, 0) is 11.3 Å². The van der Waals surface area contributed by atoms with Crippen LogP contribution in [0.1, 0.15) is 5.56 Å². The van der Waals surface area contributed by atoms with Gasteiger partial charge in [0.2, 0.25) is 11.7 Å². The van der Waals surface area contributed by atoms with Crippen molar-refractivity contribution in [3.63, 3.8) is 0 Å². The summed E-state index contributed by atoms with van der Waals surface area (Å²) in [4.78, 5) is 13.2. The zero-order valence-corrected chi connectivity index (χ0v) is 13.9. The molecule has 3 rings (SSSR count). The molecule has 0 aliphatic carbocycles. The first-order valence-electron chi connectivity index (χ1n) is 8.01. The zero-order chi connectivity index (χ0) is 17.5. The summed E-state index contributed by atoms with van der Waals surface area (Å²) in [6, 6.07) is 17.2. The largest absolute Gasteiger partial charge is 0.492 e. The highest BCUT2D eigenvalue weighted by atomic mass is 16.5. The Morgan fingerprint density at radius 3 is 2.68 bits per heavy atom. The molecule has 128 valence electrons. The van der Waals surface area contributed by atoms with Gasteiger partial charge in [-0.2, -0.15) is 4.80 Å². The van der Waals surface area contributed by atoms with Gasteiger partial charge in [0.15, 0.2) is 0 Å². The van der Waals surface area contributed by atoms with Gasteiger partial charge in [0.1, 0.15) is 18.9 Å². The SMILES string of the molecule is Cc1ccccc1-c1nnn(CC(=O)NCCOc2ccccc2)n1. The Labute approximate surface area is 145 Å². The fraction of sp³-hybridized carbons (Fsp3) is 0.222. The van der Waals surface area contributed by atoms with E-state index < -0.39 is 0 Å². The number of benzene rings is 2. The molecule has 0 bridgehead atoms. The molecule has 1 aromatic heterocycles. The fourth-order valence-corrected chi connectivity index (χ4v) is 2.30. The Kier molecular flexibility index (Phi) is 5.36. The van der Waals surface area contributed by atoms with Gasteiger partial charge in [-0.15, -0.1) is 10.2 Å². The maximum atomic E-state index is 11.9. The predicted octanol–water partition coefficient (Wildman–Crippen LogP) is 1.84. The molecule has 1 N–H and O–H groups in total. The third-order valence-electron chi connectivity index (χ3n) is 3.56. The molecule has 0 atom stereocenters. The maximum absolute atomic E-state index is 11.9. The third-order valence-corrected chi connectivity index (χ3v) is 3.56. The van der Waals surface area contributed by atoms with Crippen molar-refractivity contribution in [2.24, 2.45) is 0 Å². The Hall–Kier alpha value is -3.22. The Balaban J connectivity index is 1.46. The van der Waals surface area contributed by atoms with Gasteiger partial charge in [-0.05, 0) is 29.8 Å². The topological polar surface area (TPSA) is 81.9 Å². The van der Waals surface area contributed by atoms with E-state index >= 15 is 0 Å². The van der Waals surface area contributed by atoms with Crippen LogP contribution >= 0.6 is 0 Å². The van der Waals surface area contributed by atoms with Crippen molar-refractivity contribution in [2.45, 2.75) is 13.5 Å². The second kappa shape index (κ2) is 8.05. The third kappa shape index (κ3) is 4.63. The molecule has 0 saturated heterocycles. The Bertz CT molecular complexity index is 832. The van der Waals surface area contributed by atoms with Gasteiger partial charge in [0, 0.05) is 5.56 Å². The van der Waals surface area contributed by atoms with Gasteiger partial charge in [-0.3, -0.25) is 4.79 Å². The van der Waals surface area contributed by atoms with Gasteiger partial charge in [-0.1, -0.05) is 42.5 Å². The zero-order valence-electron chi connectivity index (χ0n) is 13.9. The van der Waals surface area contributed by atoms with Gasteiger partial charge >= 0.3 is 0 Å². The highest BCUT2D eigenvalue weighted by Gasteiger charge is 2.10. The molecule has 7 nitrogen and oxygen atoms in total. The number of carbonyl (C=O) groups is 1. The average molecular weight is 337 g/mol. The molecular formula is C18H19N5O2. The molecule has 0 saturated carbocycles. The maximum Gasteiger partial charge on any atom is 0.243 e. The van der Waals surface area contributed by atoms with Gasteiger partial charge in [0.25, 0.3) is 0 Å². The molecule has 0 aliphatic rings. The van der Waals surface area contributed by atoms with Crippen LogP contribution in [0.5, 0.6) is 5.75 Å². The number of nitrogens with zero attached hydrogens (tertiary/aromatic N) is 4. The van der Waals surface area contributed by atoms with Crippen LogP contribution in [0.4, 0.5) is 0 Å². The molecule has 0 radical (unpaired) electrons. The molecule has 2 aromatic carbocycles. The summed E-state index contributed by atoms with van der Waals surface area (Å²) in [5.41, 5.74) is 1.97. The molecule has 3 aromatic rings. The monoisotopic (exact) mass is 337 g/mol. The average Bonchev–Trinajstić information content (AvgIpc) is 3.08. The summed E-state index contributed by atoms with van der Waals surface area (Å²) >= 11 is 0. The lowest BCUT2D eigenvalue weighted by Gasteiger charge is -2.07. The second-order valence-electron chi connectivity index (χ2n) is 5.47. The minimum absolute atomic E-state index is 0.0181. The van der Waals surface area contributed by atoms with E-state index in [9.17, 15) is 4.79 Å². The fourth-order valence-electron chi connectivity index (χ4n) is 2.30. The standard InChI is InChI=1S/C18H19N5O2/c1-14-7-5-6-10-16(14)18-20-22-23(21-18)13-17(24)19-11-12-25-15-8-3-2-4-9-15/h2-10H,11-13H2,1H3,(H,19,24). The van der Waals surface area contributed by atoms with Crippen LogP contribution in [0.2, 0.25) is 0 Å². The Morgan fingerprint density at radius 1 is 1.12 bits per heavy atom. The highest BCUT2D eigenvalue weighted by molar-refractivity contribution is 5.75. The first-order valence-corrected chi connectivity index (χ1v) is 8.01. The van der Waals surface area contributed by atoms with Crippen molar-refractivity contribution in [1.29, 1.82) is 0 Å². The first-order chi connectivity index (χ1) is 12.2. The lowest BCUT2D eigenvalue weighted by atomic mass is 10.1. The number of aryl methyl sites for hydroxylation is 1. The van der Waals surface area contributed by atoms with Gasteiger partial charge < -0.3 is 10.1 Å². The first kappa shape index (κ1) is 16.6. The van der Waals surface area contributed by atoms with E-state index in [-0.39, 0.29) is 12.5 Å². The van der Waals surface area contributed by atoms with Crippen molar-refractivity contribution in [3.05, 3.63) is 60.2 Å². The number of ether oxygens (including phenoxy) is 1. The van der Waals surface area contributed by atoms with E-state index in [0.717, 1.165) is 16.9 Å². The van der Waals surface area contributed by atoms with Crippen LogP contribution in [0.15, 0.2) is 54.6 Å². The quantitative estimate of drug-likeness (QED) is 0.665. The van der Waals surface area contributed by atoms with E-state index in [1.54, 1.807) is 0 Å². The van der Waals surface area contributed by atoms with Crippen LogP contribution < -0.4 is 10.1 Å². The smallest absolute Gasteiger partial charge is 0.243 e. The van der Waals surface area contributed by atoms with Gasteiger partial charge in [0.05, 0.1) is 6.54 Å². The summed E-state index contributed by atoms with van der Waals surface area (Å²) < 4.78 is 5.52. The lowest BCUT2D eigenvalue weighted by Crippen LogP contribution is -2.31. The predicted molar refractivity (Wildman–Crippen MR) is 92.9 cm³/mol. The van der Waals surface area contributed by atoms with Crippen LogP contribution in [0.25, 0.3) is 11.4 Å². The molecular weight excluding hydrogens is 318 g/mol.